The number of sulfone groups is 4. The Bertz CT molecular complexity index is 7850. The van der Waals surface area contributed by atoms with Crippen LogP contribution < -0.4 is 0 Å². The lowest BCUT2D eigenvalue weighted by Crippen LogP contribution is -2.18. The van der Waals surface area contributed by atoms with E-state index >= 15 is 0 Å². The van der Waals surface area contributed by atoms with Gasteiger partial charge in [-0.1, -0.05) is 160 Å². The standard InChI is InChI=1S/C26H22FN3O4S.C25H22N4O4S.C23H19F3N2O4S.C22H18ClFN2O4S/c1-17-10-21(29-34-17)12-22(31)16-35(32,33)26-15-30(25-5-3-2-4-23(25)26)14-20-11-18(6-7-24(20)27)19-8-9-28-13-19;1-17-9-21(28-33-17)11-22(30)16-34(31,32)25-15-29(24-8-3-2-7-23(24)25)14-18-5-4-6-19(10-18)20-12-26-27-13-20;1-15-9-18(27-32-15)11-19(29)14-33(30,31)22-13-28(21-8-3-2-7-20(21)22)12-16-5-4-6-17(10-16)23(24,25)26;1-14-9-16(25-30-14)10-17(27)13-31(28,29)21-12-26(20-8-3-2-6-18(20)21)11-15-5-4-7-19(23)22(15)24/h2-8,10-11,13,15H,9,12,14,16H2,1H3;2-10,12-13,15H,11,14,16H2,1H3,(H,26,27);2-10,13H,11-12,14H2,1H3;2-9,12H,10-11,13H2,1H3. The van der Waals surface area contributed by atoms with E-state index in [9.17, 15) is 74.8 Å². The first kappa shape index (κ1) is 93.5. The Morgan fingerprint density at radius 1 is 0.414 bits per heavy atom. The van der Waals surface area contributed by atoms with Gasteiger partial charge in [-0.05, 0) is 116 Å². The number of halogens is 6. The number of H-pyrrole nitrogens is 1. The Morgan fingerprint density at radius 3 is 1.16 bits per heavy atom. The third kappa shape index (κ3) is 22.5. The van der Waals surface area contributed by atoms with E-state index < -0.39 is 103 Å². The highest BCUT2D eigenvalue weighted by Gasteiger charge is 2.33. The summed E-state index contributed by atoms with van der Waals surface area (Å²) >= 11 is 5.87. The number of benzene rings is 8. The van der Waals surface area contributed by atoms with E-state index in [4.69, 9.17) is 29.7 Å². The first-order valence-corrected chi connectivity index (χ1v) is 48.1. The summed E-state index contributed by atoms with van der Waals surface area (Å²) in [6, 6.07) is 56.7. The van der Waals surface area contributed by atoms with Crippen molar-refractivity contribution in [3.8, 4) is 11.1 Å². The summed E-state index contributed by atoms with van der Waals surface area (Å²) in [4.78, 5) is 54.2. The largest absolute Gasteiger partial charge is 0.416 e. The SMILES string of the molecule is Cc1cc(CC(=O)CS(=O)(=O)c2cn(Cc3cc(C4=CCN=C4)ccc3F)c3ccccc23)no1.Cc1cc(CC(=O)CS(=O)(=O)c2cn(Cc3cccc(-c4cn[nH]c4)c3)c3ccccc23)no1.Cc1cc(CC(=O)CS(=O)(=O)c2cn(Cc3cccc(C(F)(F)F)c3)c3ccccc23)no1.Cc1cc(CC(=O)CS(=O)(=O)c2cn(Cc3cccc(Cl)c3F)c3ccccc23)no1. The topological polar surface area (TPSA) is 370 Å². The molecule has 0 bridgehead atoms. The quantitative estimate of drug-likeness (QED) is 0.0409. The monoisotopic (exact) mass is 1900 g/mol. The number of carbonyl (C=O) groups excluding carboxylic acids is 4. The summed E-state index contributed by atoms with van der Waals surface area (Å²) < 4.78 is 200. The fourth-order valence-corrected chi connectivity index (χ4v) is 21.6. The number of allylic oxidation sites excluding steroid dienone is 1. The third-order valence-electron chi connectivity index (χ3n) is 21.4. The summed E-state index contributed by atoms with van der Waals surface area (Å²) in [5.41, 5.74) is 9.24. The fourth-order valence-electron chi connectivity index (χ4n) is 15.5. The van der Waals surface area contributed by atoms with Crippen LogP contribution in [0.15, 0.2) is 292 Å². The molecule has 10 heterocycles. The van der Waals surface area contributed by atoms with Gasteiger partial charge in [-0.2, -0.15) is 18.3 Å². The molecule has 0 fully saturated rings. The molecule has 1 aliphatic rings. The number of ketones is 4. The van der Waals surface area contributed by atoms with Crippen LogP contribution >= 0.6 is 11.6 Å². The number of aromatic nitrogens is 10. The molecule has 0 unspecified atom stereocenters. The number of nitrogens with zero attached hydrogens (tertiary/aromatic N) is 10. The highest BCUT2D eigenvalue weighted by Crippen LogP contribution is 2.36. The molecule has 133 heavy (non-hydrogen) atoms. The van der Waals surface area contributed by atoms with Crippen molar-refractivity contribution >= 4 is 129 Å². The van der Waals surface area contributed by atoms with Gasteiger partial charge in [-0.25, -0.2) is 42.5 Å². The number of nitrogens with one attached hydrogen (secondary N) is 1. The van der Waals surface area contributed by atoms with Gasteiger partial charge in [0.25, 0.3) is 0 Å². The van der Waals surface area contributed by atoms with Crippen LogP contribution in [-0.4, -0.2) is 142 Å². The Balaban J connectivity index is 0.000000136. The predicted octanol–water partition coefficient (Wildman–Crippen LogP) is 17.1. The van der Waals surface area contributed by atoms with Crippen molar-refractivity contribution in [3.05, 3.63) is 345 Å². The van der Waals surface area contributed by atoms with Crippen LogP contribution in [0.25, 0.3) is 60.3 Å². The van der Waals surface area contributed by atoms with Gasteiger partial charge in [0, 0.05) is 135 Å². The first-order valence-electron chi connectivity index (χ1n) is 41.1. The average Bonchev–Trinajstić information content (AvgIpc) is 1.63. The minimum atomic E-state index is -4.48. The molecule has 17 aromatic rings. The van der Waals surface area contributed by atoms with Crippen LogP contribution in [0.4, 0.5) is 22.0 Å². The highest BCUT2D eigenvalue weighted by molar-refractivity contribution is 7.93. The van der Waals surface area contributed by atoms with Crippen LogP contribution in [0, 0.1) is 39.3 Å². The lowest BCUT2D eigenvalue weighted by Gasteiger charge is -2.10. The van der Waals surface area contributed by atoms with Crippen molar-refractivity contribution in [2.24, 2.45) is 4.99 Å². The number of para-hydroxylation sites is 4. The van der Waals surface area contributed by atoms with Gasteiger partial charge in [-0.15, -0.1) is 0 Å². The number of rotatable bonds is 30. The molecular weight excluding hydrogens is 1820 g/mol. The molecule has 0 saturated heterocycles. The maximum atomic E-state index is 14.7. The highest BCUT2D eigenvalue weighted by atomic mass is 35.5. The smallest absolute Gasteiger partial charge is 0.361 e. The number of aliphatic imine (C=N–C) groups is 1. The van der Waals surface area contributed by atoms with Crippen LogP contribution in [-0.2, 0) is 117 Å². The number of hydrogen-bond acceptors (Lipinski definition) is 22. The van der Waals surface area contributed by atoms with Crippen molar-refractivity contribution in [1.29, 1.82) is 0 Å². The van der Waals surface area contributed by atoms with Crippen molar-refractivity contribution in [2.75, 3.05) is 29.6 Å². The van der Waals surface area contributed by atoms with Crippen LogP contribution in [0.1, 0.15) is 79.2 Å². The number of carbonyl (C=O) groups is 4. The summed E-state index contributed by atoms with van der Waals surface area (Å²) in [6.45, 7) is 8.11. The molecule has 1 N–H and O–H groups in total. The Labute approximate surface area is 762 Å². The lowest BCUT2D eigenvalue weighted by molar-refractivity contribution is -0.137. The summed E-state index contributed by atoms with van der Waals surface area (Å²) in [6.07, 6.45) is 8.19. The number of fused-ring (bicyclic) bond motifs is 4. The van der Waals surface area contributed by atoms with Crippen LogP contribution in [0.3, 0.4) is 0 Å². The second kappa shape index (κ2) is 39.5. The van der Waals surface area contributed by atoms with Gasteiger partial charge >= 0.3 is 6.18 Å². The normalized spacial score (nSPS) is 12.4. The van der Waals surface area contributed by atoms with E-state index in [0.717, 1.165) is 45.5 Å². The minimum Gasteiger partial charge on any atom is -0.361 e. The Hall–Kier alpha value is -14.2. The second-order valence-corrected chi connectivity index (χ2v) is 40.0. The summed E-state index contributed by atoms with van der Waals surface area (Å²) in [5.74, 6) is -3.36. The second-order valence-electron chi connectivity index (χ2n) is 31.7. The number of aryl methyl sites for hydroxylation is 4. The van der Waals surface area contributed by atoms with E-state index in [0.29, 0.717) is 114 Å². The first-order chi connectivity index (χ1) is 63.5. The van der Waals surface area contributed by atoms with Gasteiger partial charge in [0.2, 0.25) is 0 Å². The van der Waals surface area contributed by atoms with E-state index in [2.05, 4.69) is 41.9 Å². The molecule has 0 amide bonds. The van der Waals surface area contributed by atoms with Crippen molar-refractivity contribution in [3.63, 3.8) is 0 Å². The van der Waals surface area contributed by atoms with E-state index in [1.807, 2.05) is 47.2 Å². The molecule has 8 aromatic carbocycles. The molecule has 0 spiro atoms. The van der Waals surface area contributed by atoms with Gasteiger partial charge in [0.15, 0.2) is 62.5 Å². The van der Waals surface area contributed by atoms with E-state index in [1.54, 1.807) is 200 Å². The number of aromatic amines is 1. The zero-order valence-corrected chi connectivity index (χ0v) is 75.4. The molecule has 0 radical (unpaired) electrons. The molecule has 1 aliphatic heterocycles. The lowest BCUT2D eigenvalue weighted by atomic mass is 10.0. The van der Waals surface area contributed by atoms with Gasteiger partial charge in [0.05, 0.1) is 104 Å². The molecule has 27 nitrogen and oxygen atoms in total. The minimum absolute atomic E-state index is 0.00417. The van der Waals surface area contributed by atoms with Crippen molar-refractivity contribution in [2.45, 2.75) is 105 Å². The third-order valence-corrected chi connectivity index (χ3v) is 28.5. The van der Waals surface area contributed by atoms with Crippen LogP contribution in [0.5, 0.6) is 0 Å². The number of Topliss-reactive ketones (excluding diaryl/α,β-unsaturated/α-hetero) is 4. The summed E-state index contributed by atoms with van der Waals surface area (Å²) in [7, 11) is -15.8. The fraction of sp³-hybridized carbons (Fsp3) is 0.188. The Morgan fingerprint density at radius 2 is 0.789 bits per heavy atom. The molecular formula is C96H81ClF5N11O16S4. The van der Waals surface area contributed by atoms with Crippen molar-refractivity contribution < 1.29 is 92.9 Å². The predicted molar refractivity (Wildman–Crippen MR) is 487 cm³/mol. The average molecular weight is 1900 g/mol. The molecule has 682 valence electrons. The zero-order chi connectivity index (χ0) is 94.3. The van der Waals surface area contributed by atoms with E-state index in [-0.39, 0.29) is 75.7 Å². The molecule has 0 aliphatic carbocycles. The van der Waals surface area contributed by atoms with Gasteiger partial charge in [0.1, 0.15) is 57.7 Å². The molecule has 0 saturated carbocycles. The number of alkyl halides is 3. The zero-order valence-electron chi connectivity index (χ0n) is 71.3. The maximum Gasteiger partial charge on any atom is 0.416 e. The Kier molecular flexibility index (Phi) is 27.7. The molecule has 18 rings (SSSR count). The van der Waals surface area contributed by atoms with Crippen molar-refractivity contribution in [1.82, 2.24) is 49.1 Å². The molecule has 9 aromatic heterocycles. The maximum absolute atomic E-state index is 14.7. The van der Waals surface area contributed by atoms with Crippen LogP contribution in [0.2, 0.25) is 5.02 Å². The van der Waals surface area contributed by atoms with Gasteiger partial charge in [-0.3, -0.25) is 29.3 Å². The van der Waals surface area contributed by atoms with E-state index in [1.165, 1.54) is 36.8 Å². The molecule has 37 heteroatoms. The summed E-state index contributed by atoms with van der Waals surface area (Å²) in [5, 5.41) is 23.7. The molecule has 0 atom stereocenters. The van der Waals surface area contributed by atoms with Gasteiger partial charge < -0.3 is 36.4 Å². The number of hydrogen-bond donors (Lipinski definition) is 1.